The summed E-state index contributed by atoms with van der Waals surface area (Å²) in [6.07, 6.45) is 0. The van der Waals surface area contributed by atoms with Gasteiger partial charge in [0.2, 0.25) is 0 Å². The molecule has 0 aliphatic rings. The molecule has 2 rings (SSSR count). The predicted molar refractivity (Wildman–Crippen MR) is 72.4 cm³/mol. The number of carbonyl (C=O) groups is 1. The number of esters is 1. The van der Waals surface area contributed by atoms with Crippen LogP contribution in [0.1, 0.15) is 33.1 Å². The summed E-state index contributed by atoms with van der Waals surface area (Å²) in [6, 6.07) is 7.30. The second-order valence-corrected chi connectivity index (χ2v) is 4.53. The van der Waals surface area contributed by atoms with E-state index < -0.39 is 5.97 Å². The fraction of sp³-hybridized carbons (Fsp3) is 0.267. The third-order valence-corrected chi connectivity index (χ3v) is 2.91. The molecule has 4 heteroatoms. The van der Waals surface area contributed by atoms with Crippen molar-refractivity contribution in [3.8, 4) is 5.75 Å². The van der Waals surface area contributed by atoms with Gasteiger partial charge in [0.1, 0.15) is 5.75 Å². The van der Waals surface area contributed by atoms with E-state index in [1.807, 2.05) is 32.9 Å². The molecule has 98 valence electrons. The summed E-state index contributed by atoms with van der Waals surface area (Å²) in [5, 5.41) is 0. The molecule has 0 fully saturated rings. The number of ether oxygens (including phenoxy) is 1. The molecule has 2 aromatic rings. The van der Waals surface area contributed by atoms with Crippen molar-refractivity contribution in [1.82, 2.24) is 9.97 Å². The number of hydrogen-bond donors (Lipinski definition) is 0. The van der Waals surface area contributed by atoms with Gasteiger partial charge in [-0.3, -0.25) is 4.98 Å². The Labute approximate surface area is 112 Å². The lowest BCUT2D eigenvalue weighted by atomic mass is 10.2. The van der Waals surface area contributed by atoms with Crippen LogP contribution >= 0.6 is 0 Å². The third kappa shape index (κ3) is 2.96. The number of hydrogen-bond acceptors (Lipinski definition) is 4. The van der Waals surface area contributed by atoms with Crippen LogP contribution in [-0.2, 0) is 0 Å². The highest BCUT2D eigenvalue weighted by Crippen LogP contribution is 2.15. The summed E-state index contributed by atoms with van der Waals surface area (Å²) < 4.78 is 5.29. The maximum absolute atomic E-state index is 12.1. The zero-order valence-corrected chi connectivity index (χ0v) is 11.5. The predicted octanol–water partition coefficient (Wildman–Crippen LogP) is 2.93. The van der Waals surface area contributed by atoms with Gasteiger partial charge in [0.15, 0.2) is 5.69 Å². The van der Waals surface area contributed by atoms with E-state index in [1.54, 1.807) is 19.1 Å². The molecule has 4 nitrogen and oxygen atoms in total. The molecule has 1 aromatic carbocycles. The van der Waals surface area contributed by atoms with Crippen molar-refractivity contribution in [3.05, 3.63) is 52.6 Å². The Kier molecular flexibility index (Phi) is 3.60. The molecule has 0 saturated carbocycles. The van der Waals surface area contributed by atoms with Gasteiger partial charge >= 0.3 is 5.97 Å². The Balaban J connectivity index is 2.25. The number of nitrogens with zero attached hydrogens (tertiary/aromatic N) is 2. The summed E-state index contributed by atoms with van der Waals surface area (Å²) >= 11 is 0. The van der Waals surface area contributed by atoms with Crippen LogP contribution in [0.15, 0.2) is 24.3 Å². The molecular weight excluding hydrogens is 240 g/mol. The van der Waals surface area contributed by atoms with Gasteiger partial charge in [0, 0.05) is 0 Å². The van der Waals surface area contributed by atoms with E-state index in [9.17, 15) is 4.79 Å². The van der Waals surface area contributed by atoms with Crippen molar-refractivity contribution in [2.24, 2.45) is 0 Å². The minimum atomic E-state index is -0.475. The Morgan fingerprint density at radius 2 is 1.47 bits per heavy atom. The van der Waals surface area contributed by atoms with Crippen molar-refractivity contribution >= 4 is 5.97 Å². The first-order valence-electron chi connectivity index (χ1n) is 6.08. The number of aryl methyl sites for hydroxylation is 4. The van der Waals surface area contributed by atoms with Crippen LogP contribution < -0.4 is 4.74 Å². The lowest BCUT2D eigenvalue weighted by molar-refractivity contribution is 0.0727. The zero-order valence-electron chi connectivity index (χ0n) is 11.5. The number of rotatable bonds is 2. The maximum Gasteiger partial charge on any atom is 0.364 e. The lowest BCUT2D eigenvalue weighted by Gasteiger charge is -2.08. The van der Waals surface area contributed by atoms with Gasteiger partial charge in [-0.15, -0.1) is 0 Å². The van der Waals surface area contributed by atoms with E-state index in [1.165, 1.54) is 0 Å². The number of aromatic nitrogens is 2. The van der Waals surface area contributed by atoms with Gasteiger partial charge < -0.3 is 4.74 Å². The van der Waals surface area contributed by atoms with Crippen LogP contribution in [-0.4, -0.2) is 15.9 Å². The third-order valence-electron chi connectivity index (χ3n) is 2.91. The summed E-state index contributed by atoms with van der Waals surface area (Å²) in [5.41, 5.74) is 3.52. The number of carbonyl (C=O) groups excluding carboxylic acids is 1. The fourth-order valence-electron chi connectivity index (χ4n) is 1.67. The topological polar surface area (TPSA) is 52.1 Å². The van der Waals surface area contributed by atoms with E-state index in [-0.39, 0.29) is 5.69 Å². The molecule has 0 saturated heterocycles. The summed E-state index contributed by atoms with van der Waals surface area (Å²) in [4.78, 5) is 20.6. The molecule has 0 amide bonds. The molecule has 0 bridgehead atoms. The quantitative estimate of drug-likeness (QED) is 0.612. The van der Waals surface area contributed by atoms with Crippen LogP contribution in [0.2, 0.25) is 0 Å². The minimum Gasteiger partial charge on any atom is -0.422 e. The zero-order chi connectivity index (χ0) is 14.0. The summed E-state index contributed by atoms with van der Waals surface area (Å²) in [7, 11) is 0. The van der Waals surface area contributed by atoms with Crippen molar-refractivity contribution < 1.29 is 9.53 Å². The average molecular weight is 256 g/mol. The minimum absolute atomic E-state index is 0.267. The molecule has 0 N–H and O–H groups in total. The maximum atomic E-state index is 12.1. The first-order valence-corrected chi connectivity index (χ1v) is 6.08. The Hall–Kier alpha value is -2.23. The number of benzene rings is 1. The van der Waals surface area contributed by atoms with Crippen LogP contribution in [0.25, 0.3) is 0 Å². The van der Waals surface area contributed by atoms with Crippen LogP contribution in [0.4, 0.5) is 0 Å². The molecular formula is C15H16N2O2. The summed E-state index contributed by atoms with van der Waals surface area (Å²) in [5.74, 6) is 0.0342. The first-order chi connectivity index (χ1) is 8.97. The van der Waals surface area contributed by atoms with Crippen molar-refractivity contribution in [2.75, 3.05) is 0 Å². The van der Waals surface area contributed by atoms with E-state index in [0.717, 1.165) is 17.0 Å². The van der Waals surface area contributed by atoms with Gasteiger partial charge in [-0.2, -0.15) is 0 Å². The Bertz CT molecular complexity index is 619. The molecule has 1 aromatic heterocycles. The average Bonchev–Trinajstić information content (AvgIpc) is 2.36. The van der Waals surface area contributed by atoms with E-state index >= 15 is 0 Å². The molecule has 19 heavy (non-hydrogen) atoms. The molecule has 0 spiro atoms. The first kappa shape index (κ1) is 13.2. The largest absolute Gasteiger partial charge is 0.422 e. The smallest absolute Gasteiger partial charge is 0.364 e. The van der Waals surface area contributed by atoms with Gasteiger partial charge in [-0.25, -0.2) is 9.78 Å². The van der Waals surface area contributed by atoms with E-state index in [0.29, 0.717) is 11.4 Å². The van der Waals surface area contributed by atoms with E-state index in [2.05, 4.69) is 9.97 Å². The Morgan fingerprint density at radius 1 is 0.895 bits per heavy atom. The molecule has 0 aliphatic heterocycles. The van der Waals surface area contributed by atoms with Crippen molar-refractivity contribution in [1.29, 1.82) is 0 Å². The second kappa shape index (κ2) is 5.18. The van der Waals surface area contributed by atoms with Crippen LogP contribution in [0.5, 0.6) is 5.75 Å². The van der Waals surface area contributed by atoms with Crippen LogP contribution in [0.3, 0.4) is 0 Å². The van der Waals surface area contributed by atoms with Gasteiger partial charge in [0.05, 0.1) is 17.1 Å². The van der Waals surface area contributed by atoms with Gasteiger partial charge in [-0.1, -0.05) is 17.7 Å². The fourth-order valence-corrected chi connectivity index (χ4v) is 1.67. The molecule has 0 radical (unpaired) electrons. The second-order valence-electron chi connectivity index (χ2n) is 4.53. The highest BCUT2D eigenvalue weighted by molar-refractivity contribution is 5.90. The molecule has 0 aliphatic carbocycles. The van der Waals surface area contributed by atoms with Crippen LogP contribution in [0, 0.1) is 27.7 Å². The van der Waals surface area contributed by atoms with Gasteiger partial charge in [0.25, 0.3) is 0 Å². The van der Waals surface area contributed by atoms with Gasteiger partial charge in [-0.05, 0) is 39.8 Å². The van der Waals surface area contributed by atoms with Crippen molar-refractivity contribution in [3.63, 3.8) is 0 Å². The molecule has 1 heterocycles. The van der Waals surface area contributed by atoms with Crippen molar-refractivity contribution in [2.45, 2.75) is 27.7 Å². The SMILES string of the molecule is Cc1ccc(OC(=O)c2nc(C)c(C)nc2C)cc1. The lowest BCUT2D eigenvalue weighted by Crippen LogP contribution is -2.15. The molecule has 0 atom stereocenters. The summed E-state index contributed by atoms with van der Waals surface area (Å²) in [6.45, 7) is 7.42. The standard InChI is InChI=1S/C15H16N2O2/c1-9-5-7-13(8-6-9)19-15(18)14-12(4)16-10(2)11(3)17-14/h5-8H,1-4H3. The normalized spacial score (nSPS) is 10.3. The Morgan fingerprint density at radius 3 is 2.11 bits per heavy atom. The monoisotopic (exact) mass is 256 g/mol. The highest BCUT2D eigenvalue weighted by atomic mass is 16.5. The highest BCUT2D eigenvalue weighted by Gasteiger charge is 2.16. The van der Waals surface area contributed by atoms with E-state index in [4.69, 9.17) is 4.74 Å². The molecule has 0 unspecified atom stereocenters.